The van der Waals surface area contributed by atoms with Crippen molar-refractivity contribution in [2.24, 2.45) is 0 Å². The normalized spacial score (nSPS) is 12.9. The van der Waals surface area contributed by atoms with Gasteiger partial charge in [0.1, 0.15) is 22.3 Å². The molecule has 0 atom stereocenters. The average Bonchev–Trinajstić information content (AvgIpc) is 3.92. The third-order valence-electron chi connectivity index (χ3n) is 13.8. The molecule has 6 heteroatoms. The van der Waals surface area contributed by atoms with E-state index in [9.17, 15) is 0 Å². The Hall–Kier alpha value is -9.26. The maximum atomic E-state index is 6.77. The van der Waals surface area contributed by atoms with E-state index in [-0.39, 0.29) is 0 Å². The van der Waals surface area contributed by atoms with Crippen LogP contribution in [-0.4, -0.2) is 0 Å². The Balaban J connectivity index is 0.825. The third-order valence-corrected chi connectivity index (χ3v) is 13.8. The van der Waals surface area contributed by atoms with Gasteiger partial charge >= 0.3 is 0 Å². The molecule has 2 aromatic heterocycles. The summed E-state index contributed by atoms with van der Waals surface area (Å²) >= 11 is 0. The highest BCUT2D eigenvalue weighted by Crippen LogP contribution is 2.55. The van der Waals surface area contributed by atoms with Crippen LogP contribution in [0.3, 0.4) is 0 Å². The van der Waals surface area contributed by atoms with Crippen molar-refractivity contribution < 1.29 is 18.3 Å². The van der Waals surface area contributed by atoms with Crippen molar-refractivity contribution in [2.45, 2.75) is 0 Å². The number of ether oxygens (including phenoxy) is 2. The first-order valence-electron chi connectivity index (χ1n) is 22.9. The molecule has 318 valence electrons. The van der Waals surface area contributed by atoms with Gasteiger partial charge in [0.05, 0.1) is 22.7 Å². The first-order chi connectivity index (χ1) is 33.7. The zero-order chi connectivity index (χ0) is 44.5. The van der Waals surface area contributed by atoms with Crippen LogP contribution in [0.2, 0.25) is 0 Å². The minimum absolute atomic E-state index is 0.747. The second-order valence-electron chi connectivity index (χ2n) is 17.6. The van der Waals surface area contributed by atoms with Crippen molar-refractivity contribution in [1.82, 2.24) is 0 Å². The number of rotatable bonds is 4. The number of anilines is 6. The fourth-order valence-corrected chi connectivity index (χ4v) is 10.6. The van der Waals surface area contributed by atoms with Crippen LogP contribution in [0, 0.1) is 0 Å². The van der Waals surface area contributed by atoms with Gasteiger partial charge in [-0.1, -0.05) is 133 Å². The summed E-state index contributed by atoms with van der Waals surface area (Å²) in [5, 5.41) is 8.71. The van der Waals surface area contributed by atoms with E-state index in [4.69, 9.17) is 18.3 Å². The van der Waals surface area contributed by atoms with Gasteiger partial charge in [0.25, 0.3) is 0 Å². The van der Waals surface area contributed by atoms with Crippen molar-refractivity contribution in [3.8, 4) is 45.3 Å². The molecular formula is C62H36N2O4. The molecule has 0 N–H and O–H groups in total. The molecule has 6 nitrogen and oxygen atoms in total. The van der Waals surface area contributed by atoms with Crippen LogP contribution in [0.25, 0.3) is 87.7 Å². The van der Waals surface area contributed by atoms with Gasteiger partial charge in [0.2, 0.25) is 0 Å². The smallest absolute Gasteiger partial charge is 0.152 e. The van der Waals surface area contributed by atoms with Crippen molar-refractivity contribution in [3.63, 3.8) is 0 Å². The van der Waals surface area contributed by atoms with Crippen LogP contribution in [-0.2, 0) is 0 Å². The molecule has 2 aliphatic rings. The molecular weight excluding hydrogens is 837 g/mol. The molecule has 0 spiro atoms. The lowest BCUT2D eigenvalue weighted by Gasteiger charge is -2.32. The van der Waals surface area contributed by atoms with Crippen LogP contribution in [0.1, 0.15) is 0 Å². The quantitative estimate of drug-likeness (QED) is 0.176. The van der Waals surface area contributed by atoms with E-state index in [0.717, 1.165) is 112 Å². The fourth-order valence-electron chi connectivity index (χ4n) is 10.6. The van der Waals surface area contributed by atoms with Crippen molar-refractivity contribution in [1.29, 1.82) is 0 Å². The Labute approximate surface area is 389 Å². The number of para-hydroxylation sites is 4. The van der Waals surface area contributed by atoms with Gasteiger partial charge in [0.15, 0.2) is 23.0 Å². The molecule has 0 bridgehead atoms. The minimum atomic E-state index is 0.747. The van der Waals surface area contributed by atoms with Gasteiger partial charge in [-0.2, -0.15) is 0 Å². The van der Waals surface area contributed by atoms with Crippen LogP contribution in [0.15, 0.2) is 227 Å². The van der Waals surface area contributed by atoms with E-state index in [1.54, 1.807) is 0 Å². The highest BCUT2D eigenvalue weighted by atomic mass is 16.5. The highest BCUT2D eigenvalue weighted by Gasteiger charge is 2.30. The number of nitrogens with zero attached hydrogens (tertiary/aromatic N) is 2. The molecule has 0 amide bonds. The van der Waals surface area contributed by atoms with E-state index >= 15 is 0 Å². The van der Waals surface area contributed by atoms with E-state index in [2.05, 4.69) is 192 Å². The second-order valence-corrected chi connectivity index (χ2v) is 17.6. The fraction of sp³-hybridized carbons (Fsp3) is 0. The molecule has 0 aliphatic carbocycles. The average molecular weight is 873 g/mol. The van der Waals surface area contributed by atoms with Crippen LogP contribution in [0.4, 0.5) is 34.1 Å². The van der Waals surface area contributed by atoms with Crippen molar-refractivity contribution in [2.75, 3.05) is 9.80 Å². The Morgan fingerprint density at radius 3 is 1.12 bits per heavy atom. The monoisotopic (exact) mass is 872 g/mol. The first-order valence-corrected chi connectivity index (χ1v) is 22.9. The molecule has 0 unspecified atom stereocenters. The zero-order valence-electron chi connectivity index (χ0n) is 36.3. The number of hydrogen-bond donors (Lipinski definition) is 0. The lowest BCUT2D eigenvalue weighted by molar-refractivity contribution is 0.477. The molecule has 4 heterocycles. The predicted molar refractivity (Wildman–Crippen MR) is 276 cm³/mol. The largest absolute Gasteiger partial charge is 0.456 e. The maximum absolute atomic E-state index is 6.77. The van der Waals surface area contributed by atoms with E-state index in [1.807, 2.05) is 36.4 Å². The Morgan fingerprint density at radius 2 is 0.647 bits per heavy atom. The Kier molecular flexibility index (Phi) is 7.69. The first kappa shape index (κ1) is 37.0. The molecule has 68 heavy (non-hydrogen) atoms. The molecule has 0 fully saturated rings. The van der Waals surface area contributed by atoms with Crippen LogP contribution < -0.4 is 19.3 Å². The summed E-state index contributed by atoms with van der Waals surface area (Å²) in [7, 11) is 0. The summed E-state index contributed by atoms with van der Waals surface area (Å²) in [6.07, 6.45) is 0. The number of fused-ring (bicyclic) bond motifs is 12. The standard InChI is InChI=1S/C62H36N2O4/c1-3-15-43-37(11-1)13-9-17-45(43)39-23-27-41(28-24-39)63-51-19-5-7-21-55(51)65-61-33-49-47-31-58-48(32-57(47)67-59(49)35-53(61)63)50-34-62-54(36-60(50)68-58)64(52-20-6-8-22-56(52)66-62)42-29-25-40(26-30-42)46-18-10-14-38-12-2-4-16-44(38)46/h1-36H. The number of furan rings is 2. The van der Waals surface area contributed by atoms with Crippen molar-refractivity contribution in [3.05, 3.63) is 218 Å². The van der Waals surface area contributed by atoms with Crippen LogP contribution in [0.5, 0.6) is 23.0 Å². The number of benzene rings is 11. The summed E-state index contributed by atoms with van der Waals surface area (Å²) in [5.74, 6) is 3.06. The SMILES string of the molecule is c1ccc2c(c1)Oc1cc3c(cc1N2c1ccc(-c2cccc4ccccc24)cc1)oc1cc2c(cc13)oc1cc3c(cc12)Oc1ccccc1N3c1ccc(-c2cccc3ccccc23)cc1. The summed E-state index contributed by atoms with van der Waals surface area (Å²) in [4.78, 5) is 4.52. The molecule has 0 saturated heterocycles. The molecule has 15 rings (SSSR count). The van der Waals surface area contributed by atoms with E-state index in [0.29, 0.717) is 0 Å². The minimum Gasteiger partial charge on any atom is -0.456 e. The molecule has 11 aromatic carbocycles. The summed E-state index contributed by atoms with van der Waals surface area (Å²) < 4.78 is 26.9. The van der Waals surface area contributed by atoms with E-state index < -0.39 is 0 Å². The van der Waals surface area contributed by atoms with Gasteiger partial charge < -0.3 is 28.1 Å². The molecule has 13 aromatic rings. The lowest BCUT2D eigenvalue weighted by Crippen LogP contribution is -2.15. The molecule has 0 radical (unpaired) electrons. The molecule has 0 saturated carbocycles. The van der Waals surface area contributed by atoms with E-state index in [1.165, 1.54) is 32.7 Å². The zero-order valence-corrected chi connectivity index (χ0v) is 36.3. The van der Waals surface area contributed by atoms with Gasteiger partial charge in [0, 0.05) is 45.1 Å². The summed E-state index contributed by atoms with van der Waals surface area (Å²) in [5.41, 5.74) is 13.6. The van der Waals surface area contributed by atoms with Crippen LogP contribution >= 0.6 is 0 Å². The topological polar surface area (TPSA) is 51.2 Å². The molecule has 2 aliphatic heterocycles. The van der Waals surface area contributed by atoms with Gasteiger partial charge in [-0.25, -0.2) is 0 Å². The second kappa shape index (κ2) is 14.1. The van der Waals surface area contributed by atoms with Crippen molar-refractivity contribution >= 4 is 99.5 Å². The summed E-state index contributed by atoms with van der Waals surface area (Å²) in [6, 6.07) is 76.6. The lowest BCUT2D eigenvalue weighted by atomic mass is 9.98. The Morgan fingerprint density at radius 1 is 0.265 bits per heavy atom. The highest BCUT2D eigenvalue weighted by molar-refractivity contribution is 6.17. The summed E-state index contributed by atoms with van der Waals surface area (Å²) in [6.45, 7) is 0. The van der Waals surface area contributed by atoms with Gasteiger partial charge in [-0.05, 0) is 117 Å². The number of hydrogen-bond acceptors (Lipinski definition) is 6. The maximum Gasteiger partial charge on any atom is 0.152 e. The van der Waals surface area contributed by atoms with Gasteiger partial charge in [-0.15, -0.1) is 0 Å². The Bertz CT molecular complexity index is 3940. The predicted octanol–water partition coefficient (Wildman–Crippen LogP) is 18.3. The third kappa shape index (κ3) is 5.52. The van der Waals surface area contributed by atoms with Gasteiger partial charge in [-0.3, -0.25) is 0 Å².